The first-order valence-corrected chi connectivity index (χ1v) is 14.5. The molecule has 10 nitrogen and oxygen atoms in total. The highest BCUT2D eigenvalue weighted by atomic mass is 19.3. The van der Waals surface area contributed by atoms with E-state index in [0.29, 0.717) is 39.0 Å². The van der Waals surface area contributed by atoms with Crippen molar-refractivity contribution < 1.29 is 32.3 Å². The molecule has 3 aliphatic rings. The molecule has 230 valence electrons. The molecule has 0 saturated carbocycles. The van der Waals surface area contributed by atoms with Gasteiger partial charge in [0.25, 0.3) is 5.92 Å². The number of ether oxygens (including phenoxy) is 1. The summed E-state index contributed by atoms with van der Waals surface area (Å²) in [7, 11) is 1.45. The van der Waals surface area contributed by atoms with Gasteiger partial charge in [-0.1, -0.05) is 0 Å². The molecular weight excluding hydrogens is 555 g/mol. The number of nitrogens with one attached hydrogen (secondary N) is 1. The van der Waals surface area contributed by atoms with Gasteiger partial charge < -0.3 is 9.64 Å². The van der Waals surface area contributed by atoms with Gasteiger partial charge in [-0.3, -0.25) is 28.9 Å². The van der Waals surface area contributed by atoms with Crippen LogP contribution in [0.1, 0.15) is 70.4 Å². The summed E-state index contributed by atoms with van der Waals surface area (Å²) < 4.78 is 54.5. The monoisotopic (exact) mass is 593 g/mol. The molecule has 3 saturated heterocycles. The molecule has 0 aliphatic carbocycles. The minimum Gasteiger partial charge on any atom is -0.444 e. The van der Waals surface area contributed by atoms with Crippen LogP contribution in [-0.2, 0) is 21.4 Å². The first-order chi connectivity index (χ1) is 19.6. The van der Waals surface area contributed by atoms with E-state index >= 15 is 13.2 Å². The van der Waals surface area contributed by atoms with Gasteiger partial charge in [-0.15, -0.1) is 0 Å². The van der Waals surface area contributed by atoms with E-state index in [9.17, 15) is 19.2 Å². The number of likely N-dealkylation sites (tertiary alicyclic amines) is 2. The zero-order chi connectivity index (χ0) is 30.6. The molecule has 1 aromatic heterocycles. The summed E-state index contributed by atoms with van der Waals surface area (Å²) in [6.07, 6.45) is 1.17. The van der Waals surface area contributed by atoms with Gasteiger partial charge in [-0.25, -0.2) is 22.8 Å². The summed E-state index contributed by atoms with van der Waals surface area (Å²) in [6.45, 7) is 6.76. The summed E-state index contributed by atoms with van der Waals surface area (Å²) in [5.41, 5.74) is -0.961. The minimum absolute atomic E-state index is 0.0352. The Bertz CT molecular complexity index is 1450. The summed E-state index contributed by atoms with van der Waals surface area (Å²) in [6, 6.07) is 1.36. The van der Waals surface area contributed by atoms with Crippen molar-refractivity contribution in [3.05, 3.63) is 34.0 Å². The second-order valence-corrected chi connectivity index (χ2v) is 12.8. The number of benzene rings is 1. The molecule has 2 unspecified atom stereocenters. The number of hydrogen-bond donors (Lipinski definition) is 1. The first kappa shape index (κ1) is 30.1. The van der Waals surface area contributed by atoms with Crippen LogP contribution < -0.4 is 11.0 Å². The van der Waals surface area contributed by atoms with Gasteiger partial charge in [0, 0.05) is 39.2 Å². The average Bonchev–Trinajstić information content (AvgIpc) is 3.12. The number of halogens is 3. The van der Waals surface area contributed by atoms with E-state index in [1.165, 1.54) is 17.7 Å². The second kappa shape index (κ2) is 11.1. The number of fused-ring (bicyclic) bond motifs is 1. The van der Waals surface area contributed by atoms with Crippen LogP contribution in [0.15, 0.2) is 16.9 Å². The van der Waals surface area contributed by atoms with Crippen LogP contribution in [0, 0.1) is 11.7 Å². The lowest BCUT2D eigenvalue weighted by Gasteiger charge is -2.41. The molecule has 0 bridgehead atoms. The summed E-state index contributed by atoms with van der Waals surface area (Å²) in [4.78, 5) is 52.8. The molecule has 1 N–H and O–H groups in total. The number of hydrogen-bond acceptors (Lipinski definition) is 6. The van der Waals surface area contributed by atoms with Gasteiger partial charge in [-0.2, -0.15) is 0 Å². The highest BCUT2D eigenvalue weighted by Crippen LogP contribution is 2.43. The van der Waals surface area contributed by atoms with Gasteiger partial charge >= 0.3 is 11.8 Å². The van der Waals surface area contributed by atoms with Crippen molar-refractivity contribution in [3.8, 4) is 0 Å². The Morgan fingerprint density at radius 2 is 1.74 bits per heavy atom. The van der Waals surface area contributed by atoms with Crippen LogP contribution in [0.25, 0.3) is 11.0 Å². The molecule has 4 heterocycles. The SMILES string of the molecule is Cn1c(=O)n(C2CCC(=O)NC2=O)c2cc(F)c(C3CCN(CC4CCN(C(=O)OC(C)(C)C)CC4)CC3(F)F)cc21. The largest absolute Gasteiger partial charge is 0.444 e. The Kier molecular flexibility index (Phi) is 7.92. The maximum atomic E-state index is 15.6. The number of nitrogens with zero attached hydrogens (tertiary/aromatic N) is 4. The number of carbonyl (C=O) groups excluding carboxylic acids is 3. The molecule has 1 aromatic carbocycles. The number of piperidine rings is 3. The topological polar surface area (TPSA) is 106 Å². The van der Waals surface area contributed by atoms with Crippen LogP contribution >= 0.6 is 0 Å². The molecule has 13 heteroatoms. The van der Waals surface area contributed by atoms with Crippen LogP contribution in [0.4, 0.5) is 18.0 Å². The number of rotatable bonds is 4. The Hall–Kier alpha value is -3.35. The van der Waals surface area contributed by atoms with Crippen molar-refractivity contribution in [2.24, 2.45) is 13.0 Å². The fourth-order valence-electron chi connectivity index (χ4n) is 6.43. The van der Waals surface area contributed by atoms with Gasteiger partial charge in [0.1, 0.15) is 17.5 Å². The van der Waals surface area contributed by atoms with Crippen LogP contribution in [0.2, 0.25) is 0 Å². The smallest absolute Gasteiger partial charge is 0.410 e. The molecule has 3 amide bonds. The van der Waals surface area contributed by atoms with E-state index in [2.05, 4.69) is 5.32 Å². The minimum atomic E-state index is -3.21. The quantitative estimate of drug-likeness (QED) is 0.544. The van der Waals surface area contributed by atoms with Crippen LogP contribution in [0.5, 0.6) is 0 Å². The Morgan fingerprint density at radius 1 is 1.05 bits per heavy atom. The van der Waals surface area contributed by atoms with Gasteiger partial charge in [0.05, 0.1) is 23.5 Å². The molecule has 5 rings (SSSR count). The van der Waals surface area contributed by atoms with Crippen LogP contribution in [-0.4, -0.2) is 81.1 Å². The normalized spacial score (nSPS) is 24.2. The number of imide groups is 1. The Balaban J connectivity index is 1.28. The average molecular weight is 594 g/mol. The van der Waals surface area contributed by atoms with Crippen molar-refractivity contribution in [2.75, 3.05) is 32.7 Å². The lowest BCUT2D eigenvalue weighted by molar-refractivity contribution is -0.135. The number of imidazole rings is 1. The number of amides is 3. The standard InChI is InChI=1S/C29H38F3N5O5/c1-28(2,3)42-27(41)36-11-7-17(8-12-36)15-35-10-9-19(29(31,32)16-35)18-13-22-23(14-20(18)30)37(26(40)34(22)4)21-5-6-24(38)33-25(21)39/h13-14,17,19,21H,5-12,15-16H2,1-4H3,(H,33,38,39). The third-order valence-corrected chi connectivity index (χ3v) is 8.57. The van der Waals surface area contributed by atoms with E-state index < -0.39 is 53.3 Å². The molecule has 42 heavy (non-hydrogen) atoms. The third kappa shape index (κ3) is 5.93. The van der Waals surface area contributed by atoms with E-state index in [1.807, 2.05) is 20.8 Å². The molecule has 2 atom stereocenters. The number of aryl methyl sites for hydroxylation is 1. The van der Waals surface area contributed by atoms with Crippen LogP contribution in [0.3, 0.4) is 0 Å². The fourth-order valence-corrected chi connectivity index (χ4v) is 6.43. The lowest BCUT2D eigenvalue weighted by Crippen LogP contribution is -2.50. The summed E-state index contributed by atoms with van der Waals surface area (Å²) >= 11 is 0. The number of alkyl halides is 2. The van der Waals surface area contributed by atoms with E-state index in [1.54, 1.807) is 9.80 Å². The lowest BCUT2D eigenvalue weighted by atomic mass is 9.84. The van der Waals surface area contributed by atoms with E-state index in [0.717, 1.165) is 10.6 Å². The Labute approximate surface area is 241 Å². The summed E-state index contributed by atoms with van der Waals surface area (Å²) in [5, 5.41) is 2.20. The van der Waals surface area contributed by atoms with Crippen molar-refractivity contribution in [2.45, 2.75) is 76.4 Å². The Morgan fingerprint density at radius 3 is 2.36 bits per heavy atom. The van der Waals surface area contributed by atoms with Crippen molar-refractivity contribution >= 4 is 28.9 Å². The van der Waals surface area contributed by atoms with Gasteiger partial charge in [-0.05, 0) is 70.5 Å². The van der Waals surface area contributed by atoms with Crippen molar-refractivity contribution in [1.82, 2.24) is 24.3 Å². The maximum absolute atomic E-state index is 15.6. The highest BCUT2D eigenvalue weighted by Gasteiger charge is 2.47. The zero-order valence-corrected chi connectivity index (χ0v) is 24.4. The highest BCUT2D eigenvalue weighted by molar-refractivity contribution is 6.00. The number of carbonyl (C=O) groups is 3. The van der Waals surface area contributed by atoms with Crippen molar-refractivity contribution in [3.63, 3.8) is 0 Å². The van der Waals surface area contributed by atoms with E-state index in [4.69, 9.17) is 4.74 Å². The van der Waals surface area contributed by atoms with E-state index in [-0.39, 0.29) is 47.9 Å². The first-order valence-electron chi connectivity index (χ1n) is 14.5. The summed E-state index contributed by atoms with van der Waals surface area (Å²) in [5.74, 6) is -6.39. The molecule has 2 aromatic rings. The molecule has 3 aliphatic heterocycles. The third-order valence-electron chi connectivity index (χ3n) is 8.57. The number of aromatic nitrogens is 2. The van der Waals surface area contributed by atoms with Gasteiger partial charge in [0.15, 0.2) is 0 Å². The molecule has 0 spiro atoms. The zero-order valence-electron chi connectivity index (χ0n) is 24.4. The predicted molar refractivity (Wildman–Crippen MR) is 148 cm³/mol. The van der Waals surface area contributed by atoms with Crippen molar-refractivity contribution in [1.29, 1.82) is 0 Å². The maximum Gasteiger partial charge on any atom is 0.410 e. The van der Waals surface area contributed by atoms with Gasteiger partial charge in [0.2, 0.25) is 11.8 Å². The predicted octanol–water partition coefficient (Wildman–Crippen LogP) is 3.53. The molecule has 3 fully saturated rings. The second-order valence-electron chi connectivity index (χ2n) is 12.8. The molecule has 0 radical (unpaired) electrons. The molecular formula is C29H38F3N5O5. The fraction of sp³-hybridized carbons (Fsp3) is 0.655.